The van der Waals surface area contributed by atoms with Gasteiger partial charge >= 0.3 is 5.69 Å². The Morgan fingerprint density at radius 3 is 2.28 bits per heavy atom. The SMILES string of the molecule is Cc1ccc(S(=O)(=O)N2CCN(C(=O)Cn3c(=O)c4c(ncn4C)n(C)c3=O)CC2)cc1. The first-order valence-corrected chi connectivity index (χ1v) is 11.5. The largest absolute Gasteiger partial charge is 0.338 e. The van der Waals surface area contributed by atoms with Crippen LogP contribution >= 0.6 is 0 Å². The van der Waals surface area contributed by atoms with Crippen molar-refractivity contribution in [2.24, 2.45) is 14.1 Å². The zero-order chi connectivity index (χ0) is 23.2. The van der Waals surface area contributed by atoms with Gasteiger partial charge in [0.25, 0.3) is 5.56 Å². The topological polar surface area (TPSA) is 120 Å². The maximum Gasteiger partial charge on any atom is 0.332 e. The van der Waals surface area contributed by atoms with Crippen LogP contribution in [0.2, 0.25) is 0 Å². The molecule has 0 unspecified atom stereocenters. The normalized spacial score (nSPS) is 15.4. The number of aromatic nitrogens is 4. The van der Waals surface area contributed by atoms with E-state index in [1.807, 2.05) is 6.92 Å². The second-order valence-corrected chi connectivity index (χ2v) is 9.80. The monoisotopic (exact) mass is 460 g/mol. The number of amides is 1. The van der Waals surface area contributed by atoms with E-state index in [0.29, 0.717) is 0 Å². The highest BCUT2D eigenvalue weighted by Gasteiger charge is 2.30. The highest BCUT2D eigenvalue weighted by Crippen LogP contribution is 2.18. The lowest BCUT2D eigenvalue weighted by Crippen LogP contribution is -2.52. The summed E-state index contributed by atoms with van der Waals surface area (Å²) in [5.41, 5.74) is 0.229. The summed E-state index contributed by atoms with van der Waals surface area (Å²) in [6, 6.07) is 6.62. The number of nitrogens with zero attached hydrogens (tertiary/aromatic N) is 6. The zero-order valence-electron chi connectivity index (χ0n) is 18.1. The first-order valence-electron chi connectivity index (χ1n) is 10.1. The predicted octanol–water partition coefficient (Wildman–Crippen LogP) is -0.725. The molecule has 1 aromatic carbocycles. The number of imidazole rings is 1. The maximum atomic E-state index is 12.8. The van der Waals surface area contributed by atoms with Crippen molar-refractivity contribution in [2.45, 2.75) is 18.4 Å². The van der Waals surface area contributed by atoms with Crippen LogP contribution in [0.15, 0.2) is 45.1 Å². The number of carbonyl (C=O) groups is 1. The standard InChI is InChI=1S/C20H24N6O5S/c1-14-4-6-15(7-5-14)32(30,31)25-10-8-24(9-11-25)16(27)12-26-19(28)17-18(21-13-22(17)2)23(3)20(26)29/h4-7,13H,8-12H2,1-3H3. The van der Waals surface area contributed by atoms with Crippen molar-refractivity contribution >= 4 is 27.1 Å². The van der Waals surface area contributed by atoms with Gasteiger partial charge in [-0.3, -0.25) is 14.2 Å². The third-order valence-electron chi connectivity index (χ3n) is 5.74. The summed E-state index contributed by atoms with van der Waals surface area (Å²) in [6.45, 7) is 2.08. The third kappa shape index (κ3) is 3.65. The van der Waals surface area contributed by atoms with Crippen molar-refractivity contribution in [2.75, 3.05) is 26.2 Å². The fourth-order valence-electron chi connectivity index (χ4n) is 3.81. The number of fused-ring (bicyclic) bond motifs is 1. The lowest BCUT2D eigenvalue weighted by atomic mass is 10.2. The highest BCUT2D eigenvalue weighted by atomic mass is 32.2. The van der Waals surface area contributed by atoms with Crippen LogP contribution in [0, 0.1) is 6.92 Å². The van der Waals surface area contributed by atoms with Gasteiger partial charge in [-0.25, -0.2) is 22.8 Å². The summed E-state index contributed by atoms with van der Waals surface area (Å²) in [5, 5.41) is 0. The van der Waals surface area contributed by atoms with Crippen LogP contribution in [0.1, 0.15) is 5.56 Å². The van der Waals surface area contributed by atoms with E-state index in [1.165, 1.54) is 31.7 Å². The molecule has 0 bridgehead atoms. The molecule has 1 fully saturated rings. The van der Waals surface area contributed by atoms with Crippen molar-refractivity contribution in [3.63, 3.8) is 0 Å². The number of carbonyl (C=O) groups excluding carboxylic acids is 1. The molecular weight excluding hydrogens is 436 g/mol. The molecule has 4 rings (SSSR count). The summed E-state index contributed by atoms with van der Waals surface area (Å²) in [4.78, 5) is 44.0. The van der Waals surface area contributed by atoms with Crippen molar-refractivity contribution in [3.8, 4) is 0 Å². The van der Waals surface area contributed by atoms with Crippen LogP contribution in [0.25, 0.3) is 11.2 Å². The second kappa shape index (κ2) is 8.02. The van der Waals surface area contributed by atoms with Crippen LogP contribution in [0.5, 0.6) is 0 Å². The molecule has 2 aromatic heterocycles. The molecule has 0 radical (unpaired) electrons. The van der Waals surface area contributed by atoms with Gasteiger partial charge in [0.1, 0.15) is 6.54 Å². The van der Waals surface area contributed by atoms with Gasteiger partial charge in [0, 0.05) is 40.3 Å². The van der Waals surface area contributed by atoms with E-state index in [1.54, 1.807) is 31.3 Å². The van der Waals surface area contributed by atoms with Crippen molar-refractivity contribution in [3.05, 3.63) is 57.0 Å². The predicted molar refractivity (Wildman–Crippen MR) is 117 cm³/mol. The fraction of sp³-hybridized carbons (Fsp3) is 0.400. The minimum absolute atomic E-state index is 0.135. The average Bonchev–Trinajstić information content (AvgIpc) is 3.17. The molecule has 3 aromatic rings. The molecule has 3 heterocycles. The van der Waals surface area contributed by atoms with Gasteiger partial charge in [0.2, 0.25) is 15.9 Å². The van der Waals surface area contributed by atoms with Crippen molar-refractivity contribution in [1.29, 1.82) is 0 Å². The Morgan fingerprint density at radius 2 is 1.66 bits per heavy atom. The third-order valence-corrected chi connectivity index (χ3v) is 7.66. The van der Waals surface area contributed by atoms with E-state index < -0.39 is 33.7 Å². The Kier molecular flexibility index (Phi) is 5.51. The Morgan fingerprint density at radius 1 is 1.03 bits per heavy atom. The summed E-state index contributed by atoms with van der Waals surface area (Å²) >= 11 is 0. The molecule has 1 saturated heterocycles. The maximum absolute atomic E-state index is 12.8. The average molecular weight is 461 g/mol. The smallest absolute Gasteiger partial charge is 0.332 e. The molecule has 0 atom stereocenters. The van der Waals surface area contributed by atoms with Gasteiger partial charge in [-0.05, 0) is 19.1 Å². The van der Waals surface area contributed by atoms with Crippen LogP contribution in [-0.2, 0) is 35.5 Å². The molecular formula is C20H24N6O5S. The lowest BCUT2D eigenvalue weighted by molar-refractivity contribution is -0.133. The van der Waals surface area contributed by atoms with E-state index in [-0.39, 0.29) is 42.2 Å². The molecule has 1 aliphatic heterocycles. The van der Waals surface area contributed by atoms with Crippen LogP contribution < -0.4 is 11.2 Å². The molecule has 12 heteroatoms. The molecule has 32 heavy (non-hydrogen) atoms. The molecule has 11 nitrogen and oxygen atoms in total. The first-order chi connectivity index (χ1) is 15.1. The Balaban J connectivity index is 1.50. The van der Waals surface area contributed by atoms with Crippen LogP contribution in [0.3, 0.4) is 0 Å². The number of piperazine rings is 1. The zero-order valence-corrected chi connectivity index (χ0v) is 18.9. The quantitative estimate of drug-likeness (QED) is 0.507. The molecule has 1 amide bonds. The lowest BCUT2D eigenvalue weighted by Gasteiger charge is -2.34. The summed E-state index contributed by atoms with van der Waals surface area (Å²) in [7, 11) is -0.519. The number of hydrogen-bond acceptors (Lipinski definition) is 6. The van der Waals surface area contributed by atoms with Gasteiger partial charge in [-0.2, -0.15) is 4.31 Å². The number of rotatable bonds is 4. The van der Waals surface area contributed by atoms with Gasteiger partial charge in [0.15, 0.2) is 11.2 Å². The van der Waals surface area contributed by atoms with Crippen LogP contribution in [-0.4, -0.2) is 68.4 Å². The summed E-state index contributed by atoms with van der Waals surface area (Å²) in [6.07, 6.45) is 1.44. The highest BCUT2D eigenvalue weighted by molar-refractivity contribution is 7.89. The number of benzene rings is 1. The molecule has 0 spiro atoms. The van der Waals surface area contributed by atoms with E-state index in [9.17, 15) is 22.8 Å². The van der Waals surface area contributed by atoms with E-state index in [0.717, 1.165) is 10.1 Å². The van der Waals surface area contributed by atoms with Gasteiger partial charge < -0.3 is 9.47 Å². The first kappa shape index (κ1) is 22.0. The molecule has 0 saturated carbocycles. The van der Waals surface area contributed by atoms with Gasteiger partial charge in [-0.15, -0.1) is 0 Å². The number of hydrogen-bond donors (Lipinski definition) is 0. The summed E-state index contributed by atoms with van der Waals surface area (Å²) in [5.74, 6) is -0.418. The second-order valence-electron chi connectivity index (χ2n) is 7.86. The molecule has 1 aliphatic rings. The fourth-order valence-corrected chi connectivity index (χ4v) is 5.23. The van der Waals surface area contributed by atoms with E-state index >= 15 is 0 Å². The minimum atomic E-state index is -3.65. The minimum Gasteiger partial charge on any atom is -0.338 e. The van der Waals surface area contributed by atoms with Crippen LogP contribution in [0.4, 0.5) is 0 Å². The summed E-state index contributed by atoms with van der Waals surface area (Å²) < 4.78 is 30.7. The van der Waals surface area contributed by atoms with E-state index in [2.05, 4.69) is 4.98 Å². The number of sulfonamides is 1. The van der Waals surface area contributed by atoms with Gasteiger partial charge in [0.05, 0.1) is 11.2 Å². The van der Waals surface area contributed by atoms with E-state index in [4.69, 9.17) is 0 Å². The molecule has 0 aliphatic carbocycles. The Labute approximate surface area is 184 Å². The Bertz CT molecular complexity index is 1410. The van der Waals surface area contributed by atoms with Crippen molar-refractivity contribution in [1.82, 2.24) is 27.9 Å². The molecule has 0 N–H and O–H groups in total. The van der Waals surface area contributed by atoms with Crippen molar-refractivity contribution < 1.29 is 13.2 Å². The van der Waals surface area contributed by atoms with Gasteiger partial charge in [-0.1, -0.05) is 17.7 Å². The Hall–Kier alpha value is -3.25. The number of aryl methyl sites for hydroxylation is 3. The molecule has 170 valence electrons.